The Morgan fingerprint density at radius 1 is 1.61 bits per heavy atom. The van der Waals surface area contributed by atoms with Crippen LogP contribution in [-0.2, 0) is 11.3 Å². The molecule has 0 aromatic carbocycles. The Bertz CT molecular complexity index is 533. The van der Waals surface area contributed by atoms with Crippen molar-refractivity contribution in [2.75, 3.05) is 6.61 Å². The minimum atomic E-state index is 0.379. The lowest BCUT2D eigenvalue weighted by molar-refractivity contribution is 0.0130. The maximum absolute atomic E-state index is 5.57. The average molecular weight is 265 g/mol. The number of thiazole rings is 1. The number of nitrogens with one attached hydrogen (secondary N) is 1. The lowest BCUT2D eigenvalue weighted by Gasteiger charge is -2.28. The molecule has 1 N–H and O–H groups in total. The highest BCUT2D eigenvalue weighted by Gasteiger charge is 2.19. The summed E-state index contributed by atoms with van der Waals surface area (Å²) >= 11 is 1.69. The molecular weight excluding hydrogens is 246 g/mol. The van der Waals surface area contributed by atoms with E-state index in [2.05, 4.69) is 40.1 Å². The van der Waals surface area contributed by atoms with E-state index in [4.69, 9.17) is 4.74 Å². The number of fused-ring (bicyclic) bond motifs is 1. The number of hydrogen-bond acceptors (Lipinski definition) is 4. The van der Waals surface area contributed by atoms with Gasteiger partial charge in [0.25, 0.3) is 0 Å². The normalized spacial score (nSPS) is 24.8. The highest BCUT2D eigenvalue weighted by Crippen LogP contribution is 2.18. The van der Waals surface area contributed by atoms with Gasteiger partial charge in [-0.1, -0.05) is 0 Å². The summed E-state index contributed by atoms with van der Waals surface area (Å²) in [5.41, 5.74) is 2.42. The van der Waals surface area contributed by atoms with E-state index in [9.17, 15) is 0 Å². The smallest absolute Gasteiger partial charge is 0.194 e. The van der Waals surface area contributed by atoms with Crippen molar-refractivity contribution in [3.63, 3.8) is 0 Å². The van der Waals surface area contributed by atoms with E-state index in [1.165, 1.54) is 5.69 Å². The van der Waals surface area contributed by atoms with Crippen molar-refractivity contribution < 1.29 is 4.74 Å². The molecule has 2 aromatic rings. The van der Waals surface area contributed by atoms with Crippen LogP contribution >= 0.6 is 11.3 Å². The monoisotopic (exact) mass is 265 g/mol. The standard InChI is InChI=1S/C13H19N3OS/c1-9-7-11(3-5-17-9)14-8-12-10(2)15-13-16(12)4-6-18-13/h4,6,9,11,14H,3,5,7-8H2,1-2H3. The maximum Gasteiger partial charge on any atom is 0.194 e. The first-order valence-corrected chi connectivity index (χ1v) is 7.38. The molecule has 1 saturated heterocycles. The second-order valence-electron chi connectivity index (χ2n) is 4.98. The van der Waals surface area contributed by atoms with Gasteiger partial charge in [-0.25, -0.2) is 4.98 Å². The topological polar surface area (TPSA) is 38.6 Å². The van der Waals surface area contributed by atoms with Crippen molar-refractivity contribution in [2.45, 2.75) is 45.4 Å². The Labute approximate surface area is 111 Å². The molecule has 4 nitrogen and oxygen atoms in total. The van der Waals surface area contributed by atoms with Crippen LogP contribution in [0.5, 0.6) is 0 Å². The zero-order valence-corrected chi connectivity index (χ0v) is 11.7. The summed E-state index contributed by atoms with van der Waals surface area (Å²) in [6.07, 6.45) is 4.69. The van der Waals surface area contributed by atoms with Gasteiger partial charge in [-0.3, -0.25) is 4.40 Å². The van der Waals surface area contributed by atoms with E-state index in [-0.39, 0.29) is 0 Å². The Hall–Kier alpha value is -0.910. The summed E-state index contributed by atoms with van der Waals surface area (Å²) in [6, 6.07) is 0.567. The molecule has 0 radical (unpaired) electrons. The molecular formula is C13H19N3OS. The highest BCUT2D eigenvalue weighted by atomic mass is 32.1. The van der Waals surface area contributed by atoms with Crippen LogP contribution in [-0.4, -0.2) is 28.1 Å². The number of ether oxygens (including phenoxy) is 1. The fraction of sp³-hybridized carbons (Fsp3) is 0.615. The number of hydrogen-bond donors (Lipinski definition) is 1. The Balaban J connectivity index is 1.69. The summed E-state index contributed by atoms with van der Waals surface area (Å²) in [5.74, 6) is 0. The molecule has 2 aromatic heterocycles. The number of nitrogens with zero attached hydrogens (tertiary/aromatic N) is 2. The van der Waals surface area contributed by atoms with Crippen molar-refractivity contribution in [1.82, 2.24) is 14.7 Å². The van der Waals surface area contributed by atoms with Crippen molar-refractivity contribution in [3.05, 3.63) is 23.0 Å². The molecule has 0 amide bonds. The predicted molar refractivity (Wildman–Crippen MR) is 73.1 cm³/mol. The van der Waals surface area contributed by atoms with Gasteiger partial charge in [-0.15, -0.1) is 11.3 Å². The van der Waals surface area contributed by atoms with Gasteiger partial charge in [0.2, 0.25) is 0 Å². The minimum Gasteiger partial charge on any atom is -0.378 e. The summed E-state index contributed by atoms with van der Waals surface area (Å²) in [5, 5.41) is 5.73. The Morgan fingerprint density at radius 2 is 2.50 bits per heavy atom. The first kappa shape index (κ1) is 12.1. The molecule has 3 heterocycles. The van der Waals surface area contributed by atoms with Crippen LogP contribution in [0.4, 0.5) is 0 Å². The van der Waals surface area contributed by atoms with Gasteiger partial charge in [-0.2, -0.15) is 0 Å². The summed E-state index contributed by atoms with van der Waals surface area (Å²) in [7, 11) is 0. The van der Waals surface area contributed by atoms with Crippen molar-refractivity contribution in [1.29, 1.82) is 0 Å². The predicted octanol–water partition coefficient (Wildman–Crippen LogP) is 2.36. The molecule has 5 heteroatoms. The van der Waals surface area contributed by atoms with E-state index < -0.39 is 0 Å². The summed E-state index contributed by atoms with van der Waals surface area (Å²) in [6.45, 7) is 6.00. The zero-order valence-electron chi connectivity index (χ0n) is 10.8. The average Bonchev–Trinajstić information content (AvgIpc) is 2.87. The number of aromatic nitrogens is 2. The van der Waals surface area contributed by atoms with Crippen LogP contribution in [0.15, 0.2) is 11.6 Å². The second-order valence-corrected chi connectivity index (χ2v) is 5.86. The van der Waals surface area contributed by atoms with Crippen LogP contribution in [0.3, 0.4) is 0 Å². The molecule has 0 aliphatic carbocycles. The number of imidazole rings is 1. The van der Waals surface area contributed by atoms with Gasteiger partial charge in [0, 0.05) is 30.8 Å². The Kier molecular flexibility index (Phi) is 3.37. The third kappa shape index (κ3) is 2.30. The molecule has 1 fully saturated rings. The second kappa shape index (κ2) is 4.99. The van der Waals surface area contributed by atoms with Crippen LogP contribution in [0.1, 0.15) is 31.2 Å². The fourth-order valence-electron chi connectivity index (χ4n) is 2.58. The van der Waals surface area contributed by atoms with Gasteiger partial charge in [0.15, 0.2) is 4.96 Å². The lowest BCUT2D eigenvalue weighted by atomic mass is 10.0. The van der Waals surface area contributed by atoms with Crippen LogP contribution < -0.4 is 5.32 Å². The SMILES string of the molecule is Cc1nc2sccn2c1CNC1CCOC(C)C1. The van der Waals surface area contributed by atoms with Gasteiger partial charge < -0.3 is 10.1 Å². The Morgan fingerprint density at radius 3 is 3.33 bits per heavy atom. The van der Waals surface area contributed by atoms with Crippen LogP contribution in [0.25, 0.3) is 4.96 Å². The first-order valence-electron chi connectivity index (χ1n) is 6.50. The fourth-order valence-corrected chi connectivity index (χ4v) is 3.36. The van der Waals surface area contributed by atoms with Crippen molar-refractivity contribution in [2.24, 2.45) is 0 Å². The minimum absolute atomic E-state index is 0.379. The van der Waals surface area contributed by atoms with Gasteiger partial charge in [0.05, 0.1) is 17.5 Å². The third-order valence-electron chi connectivity index (χ3n) is 3.60. The van der Waals surface area contributed by atoms with Crippen molar-refractivity contribution >= 4 is 16.3 Å². The molecule has 1 aliphatic heterocycles. The lowest BCUT2D eigenvalue weighted by Crippen LogP contribution is -2.37. The molecule has 1 aliphatic rings. The number of rotatable bonds is 3. The van der Waals surface area contributed by atoms with E-state index in [1.54, 1.807) is 11.3 Å². The number of aryl methyl sites for hydroxylation is 1. The van der Waals surface area contributed by atoms with Gasteiger partial charge in [0.1, 0.15) is 0 Å². The largest absolute Gasteiger partial charge is 0.378 e. The molecule has 18 heavy (non-hydrogen) atoms. The summed E-state index contributed by atoms with van der Waals surface area (Å²) in [4.78, 5) is 5.66. The molecule has 2 atom stereocenters. The molecule has 0 spiro atoms. The first-order chi connectivity index (χ1) is 8.74. The molecule has 0 saturated carbocycles. The molecule has 2 unspecified atom stereocenters. The van der Waals surface area contributed by atoms with Crippen molar-refractivity contribution in [3.8, 4) is 0 Å². The third-order valence-corrected chi connectivity index (χ3v) is 4.36. The van der Waals surface area contributed by atoms with Crippen LogP contribution in [0.2, 0.25) is 0 Å². The summed E-state index contributed by atoms with van der Waals surface area (Å²) < 4.78 is 7.76. The van der Waals surface area contributed by atoms with E-state index in [0.29, 0.717) is 12.1 Å². The van der Waals surface area contributed by atoms with Gasteiger partial charge >= 0.3 is 0 Å². The van der Waals surface area contributed by atoms with Crippen LogP contribution in [0, 0.1) is 6.92 Å². The maximum atomic E-state index is 5.57. The quantitative estimate of drug-likeness (QED) is 0.926. The highest BCUT2D eigenvalue weighted by molar-refractivity contribution is 7.15. The van der Waals surface area contributed by atoms with E-state index in [0.717, 1.165) is 36.6 Å². The zero-order chi connectivity index (χ0) is 12.5. The van der Waals surface area contributed by atoms with Gasteiger partial charge in [-0.05, 0) is 26.7 Å². The molecule has 0 bridgehead atoms. The molecule has 3 rings (SSSR count). The molecule has 98 valence electrons. The van der Waals surface area contributed by atoms with E-state index in [1.807, 2.05) is 0 Å². The van der Waals surface area contributed by atoms with E-state index >= 15 is 0 Å².